The van der Waals surface area contributed by atoms with E-state index in [9.17, 15) is 35.4 Å². The minimum atomic E-state index is -1.71. The molecule has 2 aliphatic heterocycles. The van der Waals surface area contributed by atoms with E-state index in [0.29, 0.717) is 0 Å². The Morgan fingerprint density at radius 1 is 1.00 bits per heavy atom. The van der Waals surface area contributed by atoms with Crippen LogP contribution in [0, 0.1) is 0 Å². The van der Waals surface area contributed by atoms with Gasteiger partial charge in [-0.05, 0) is 0 Å². The van der Waals surface area contributed by atoms with Crippen molar-refractivity contribution in [3.63, 3.8) is 0 Å². The van der Waals surface area contributed by atoms with E-state index in [0.717, 1.165) is 0 Å². The Balaban J connectivity index is 2.20. The van der Waals surface area contributed by atoms with Crippen molar-refractivity contribution in [3.05, 3.63) is 12.7 Å². The summed E-state index contributed by atoms with van der Waals surface area (Å²) in [6.45, 7) is 3.50. The Morgan fingerprint density at radius 2 is 1.62 bits per heavy atom. The Labute approximate surface area is 167 Å². The molecule has 10 atom stereocenters. The van der Waals surface area contributed by atoms with Crippen LogP contribution in [-0.2, 0) is 23.7 Å². The largest absolute Gasteiger partial charge is 0.394 e. The molecular weight excluding hydrogens is 394 g/mol. The van der Waals surface area contributed by atoms with Crippen LogP contribution >= 0.6 is 0 Å². The SMILES string of the molecule is C=CCO[C@H]1O[C@H](CO)[C@@H](O[C@H]2O[C@H](CO)[C@@H](O)[C@H](O)[C@H]2O)[C@H](O)[C@H]1NC(C)=O. The first-order valence-electron chi connectivity index (χ1n) is 9.15. The van der Waals surface area contributed by atoms with Crippen molar-refractivity contribution in [2.45, 2.75) is 68.3 Å². The zero-order valence-electron chi connectivity index (χ0n) is 15.9. The molecule has 12 heteroatoms. The summed E-state index contributed by atoms with van der Waals surface area (Å²) in [5.41, 5.74) is 0. The highest BCUT2D eigenvalue weighted by molar-refractivity contribution is 5.73. The first-order valence-corrected chi connectivity index (χ1v) is 9.15. The third-order valence-electron chi connectivity index (χ3n) is 4.74. The molecule has 168 valence electrons. The summed E-state index contributed by atoms with van der Waals surface area (Å²) in [7, 11) is 0. The van der Waals surface area contributed by atoms with E-state index in [2.05, 4.69) is 11.9 Å². The van der Waals surface area contributed by atoms with Crippen molar-refractivity contribution in [1.82, 2.24) is 5.32 Å². The van der Waals surface area contributed by atoms with Gasteiger partial charge in [0.25, 0.3) is 0 Å². The molecular formula is C17H29NO11. The zero-order valence-corrected chi connectivity index (χ0v) is 15.9. The fraction of sp³-hybridized carbons (Fsp3) is 0.824. The summed E-state index contributed by atoms with van der Waals surface area (Å²) in [4.78, 5) is 11.5. The predicted molar refractivity (Wildman–Crippen MR) is 94.1 cm³/mol. The third-order valence-corrected chi connectivity index (χ3v) is 4.74. The monoisotopic (exact) mass is 423 g/mol. The Bertz CT molecular complexity index is 547. The molecule has 0 saturated carbocycles. The number of aliphatic hydroxyl groups excluding tert-OH is 6. The van der Waals surface area contributed by atoms with Crippen molar-refractivity contribution >= 4 is 5.91 Å². The number of rotatable bonds is 8. The van der Waals surface area contributed by atoms with Crippen molar-refractivity contribution in [3.8, 4) is 0 Å². The fourth-order valence-electron chi connectivity index (χ4n) is 3.26. The highest BCUT2D eigenvalue weighted by Crippen LogP contribution is 2.29. The van der Waals surface area contributed by atoms with Crippen molar-refractivity contribution in [1.29, 1.82) is 0 Å². The molecule has 2 rings (SSSR count). The first-order chi connectivity index (χ1) is 13.7. The van der Waals surface area contributed by atoms with Crippen molar-refractivity contribution in [2.75, 3.05) is 19.8 Å². The summed E-state index contributed by atoms with van der Waals surface area (Å²) in [6, 6.07) is -1.09. The molecule has 0 aliphatic carbocycles. The molecule has 12 nitrogen and oxygen atoms in total. The minimum Gasteiger partial charge on any atom is -0.394 e. The second-order valence-corrected chi connectivity index (χ2v) is 6.86. The number of nitrogens with one attached hydrogen (secondary N) is 1. The Hall–Kier alpha value is -1.19. The summed E-state index contributed by atoms with van der Waals surface area (Å²) in [5, 5.41) is 62.1. The summed E-state index contributed by atoms with van der Waals surface area (Å²) in [5.74, 6) is -0.487. The molecule has 0 aromatic rings. The minimum absolute atomic E-state index is 0.0455. The predicted octanol–water partition coefficient (Wildman–Crippen LogP) is -4.04. The molecule has 0 aromatic heterocycles. The smallest absolute Gasteiger partial charge is 0.217 e. The number of hydrogen-bond acceptors (Lipinski definition) is 11. The highest BCUT2D eigenvalue weighted by Gasteiger charge is 2.51. The van der Waals surface area contributed by atoms with Crippen LogP contribution in [0.15, 0.2) is 12.7 Å². The molecule has 1 amide bonds. The van der Waals surface area contributed by atoms with Crippen LogP contribution < -0.4 is 5.32 Å². The van der Waals surface area contributed by atoms with E-state index in [1.165, 1.54) is 13.0 Å². The van der Waals surface area contributed by atoms with Gasteiger partial charge in [0.1, 0.15) is 48.8 Å². The van der Waals surface area contributed by atoms with Gasteiger partial charge in [0.05, 0.1) is 19.8 Å². The maximum atomic E-state index is 11.5. The van der Waals surface area contributed by atoms with E-state index >= 15 is 0 Å². The number of ether oxygens (including phenoxy) is 4. The van der Waals surface area contributed by atoms with Gasteiger partial charge in [-0.1, -0.05) is 6.08 Å². The Kier molecular flexibility index (Phi) is 8.91. The van der Waals surface area contributed by atoms with Gasteiger partial charge < -0.3 is 54.9 Å². The molecule has 2 aliphatic rings. The van der Waals surface area contributed by atoms with Gasteiger partial charge in [0.2, 0.25) is 5.91 Å². The maximum absolute atomic E-state index is 11.5. The van der Waals surface area contributed by atoms with Crippen LogP contribution in [0.1, 0.15) is 6.92 Å². The number of carbonyl (C=O) groups is 1. The zero-order chi connectivity index (χ0) is 21.7. The number of amides is 1. The van der Waals surface area contributed by atoms with Gasteiger partial charge in [-0.15, -0.1) is 6.58 Å². The lowest BCUT2D eigenvalue weighted by Crippen LogP contribution is -2.67. The van der Waals surface area contributed by atoms with Crippen LogP contribution in [-0.4, -0.2) is 118 Å². The van der Waals surface area contributed by atoms with E-state index < -0.39 is 80.5 Å². The van der Waals surface area contributed by atoms with E-state index in [-0.39, 0.29) is 6.61 Å². The molecule has 2 heterocycles. The first kappa shape index (κ1) is 24.1. The van der Waals surface area contributed by atoms with Crippen LogP contribution in [0.2, 0.25) is 0 Å². The number of carbonyl (C=O) groups excluding carboxylic acids is 1. The van der Waals surface area contributed by atoms with Gasteiger partial charge in [0, 0.05) is 6.92 Å². The van der Waals surface area contributed by atoms with Crippen LogP contribution in [0.3, 0.4) is 0 Å². The number of hydrogen-bond donors (Lipinski definition) is 7. The van der Waals surface area contributed by atoms with Crippen LogP contribution in [0.4, 0.5) is 0 Å². The Morgan fingerprint density at radius 3 is 2.17 bits per heavy atom. The lowest BCUT2D eigenvalue weighted by molar-refractivity contribution is -0.347. The summed E-state index contributed by atoms with van der Waals surface area (Å²) < 4.78 is 21.8. The van der Waals surface area contributed by atoms with Gasteiger partial charge in [-0.3, -0.25) is 4.79 Å². The lowest BCUT2D eigenvalue weighted by atomic mass is 9.95. The van der Waals surface area contributed by atoms with Gasteiger partial charge in [0.15, 0.2) is 12.6 Å². The van der Waals surface area contributed by atoms with Gasteiger partial charge in [-0.25, -0.2) is 0 Å². The molecule has 0 unspecified atom stereocenters. The summed E-state index contributed by atoms with van der Waals surface area (Å²) >= 11 is 0. The average Bonchev–Trinajstić information content (AvgIpc) is 2.69. The molecule has 0 aromatic carbocycles. The second kappa shape index (κ2) is 10.7. The number of aliphatic hydroxyl groups is 6. The maximum Gasteiger partial charge on any atom is 0.217 e. The lowest BCUT2D eigenvalue weighted by Gasteiger charge is -2.47. The normalized spacial score (nSPS) is 43.0. The average molecular weight is 423 g/mol. The molecule has 2 fully saturated rings. The molecule has 0 radical (unpaired) electrons. The van der Waals surface area contributed by atoms with Gasteiger partial charge >= 0.3 is 0 Å². The third kappa shape index (κ3) is 5.49. The second-order valence-electron chi connectivity index (χ2n) is 6.86. The highest BCUT2D eigenvalue weighted by atomic mass is 16.7. The quantitative estimate of drug-likeness (QED) is 0.188. The van der Waals surface area contributed by atoms with E-state index in [1.807, 2.05) is 0 Å². The standard InChI is InChI=1S/C17H29NO11/c1-3-4-26-16-10(18-7(2)21)12(23)15(9(6-20)28-16)29-17-14(25)13(24)11(22)8(5-19)27-17/h3,8-17,19-20,22-25H,1,4-6H2,2H3,(H,18,21)/t8-,9-,10-,11-,12-,13+,14-,15-,16+,17-/m1/s1. The van der Waals surface area contributed by atoms with E-state index in [4.69, 9.17) is 18.9 Å². The van der Waals surface area contributed by atoms with Crippen molar-refractivity contribution in [2.24, 2.45) is 0 Å². The fourth-order valence-corrected chi connectivity index (χ4v) is 3.26. The van der Waals surface area contributed by atoms with Gasteiger partial charge in [-0.2, -0.15) is 0 Å². The van der Waals surface area contributed by atoms with Crippen LogP contribution in [0.25, 0.3) is 0 Å². The van der Waals surface area contributed by atoms with Crippen molar-refractivity contribution < 1.29 is 54.4 Å². The van der Waals surface area contributed by atoms with Crippen LogP contribution in [0.5, 0.6) is 0 Å². The topological polar surface area (TPSA) is 187 Å². The molecule has 2 saturated heterocycles. The summed E-state index contributed by atoms with van der Waals surface area (Å²) in [6.07, 6.45) is -11.4. The molecule has 7 N–H and O–H groups in total. The van der Waals surface area contributed by atoms with E-state index in [1.54, 1.807) is 0 Å². The molecule has 29 heavy (non-hydrogen) atoms. The molecule has 0 spiro atoms. The molecule has 0 bridgehead atoms.